The van der Waals surface area contributed by atoms with Crippen molar-refractivity contribution in [3.8, 4) is 0 Å². The number of aliphatic carboxylic acids is 2. The largest absolute Gasteiger partial charge is 0.480 e. The SMILES string of the molecule is O=C(O)C(COCc1ccccc1)NCCNC(COCc1ccccc1)C(=O)O. The molecule has 0 saturated heterocycles. The summed E-state index contributed by atoms with van der Waals surface area (Å²) < 4.78 is 11.0. The van der Waals surface area contributed by atoms with Crippen molar-refractivity contribution < 1.29 is 29.3 Å². The molecule has 2 atom stereocenters. The zero-order valence-electron chi connectivity index (χ0n) is 16.7. The molecule has 0 aromatic heterocycles. The van der Waals surface area contributed by atoms with Crippen LogP contribution in [0.5, 0.6) is 0 Å². The molecule has 2 aromatic rings. The van der Waals surface area contributed by atoms with E-state index in [2.05, 4.69) is 10.6 Å². The fourth-order valence-corrected chi connectivity index (χ4v) is 2.67. The standard InChI is InChI=1S/C22H28N2O6/c25-21(26)19(15-29-13-17-7-3-1-4-8-17)23-11-12-24-20(22(27)28)16-30-14-18-9-5-2-6-10-18/h1-10,19-20,23-24H,11-16H2,(H,25,26)(H,27,28). The van der Waals surface area contributed by atoms with Gasteiger partial charge in [0.05, 0.1) is 26.4 Å². The topological polar surface area (TPSA) is 117 Å². The molecule has 8 heteroatoms. The normalized spacial score (nSPS) is 12.9. The van der Waals surface area contributed by atoms with Crippen molar-refractivity contribution in [2.45, 2.75) is 25.3 Å². The highest BCUT2D eigenvalue weighted by Gasteiger charge is 2.19. The summed E-state index contributed by atoms with van der Waals surface area (Å²) in [5.74, 6) is -2.05. The fraction of sp³-hybridized carbons (Fsp3) is 0.364. The van der Waals surface area contributed by atoms with Crippen molar-refractivity contribution in [2.24, 2.45) is 0 Å². The van der Waals surface area contributed by atoms with Gasteiger partial charge in [-0.25, -0.2) is 0 Å². The van der Waals surface area contributed by atoms with E-state index in [9.17, 15) is 19.8 Å². The lowest BCUT2D eigenvalue weighted by Gasteiger charge is -2.17. The van der Waals surface area contributed by atoms with Crippen LogP contribution in [0.3, 0.4) is 0 Å². The van der Waals surface area contributed by atoms with Crippen molar-refractivity contribution in [1.82, 2.24) is 10.6 Å². The first kappa shape index (κ1) is 23.5. The van der Waals surface area contributed by atoms with Crippen LogP contribution < -0.4 is 10.6 Å². The minimum absolute atomic E-state index is 0.00672. The Morgan fingerprint density at radius 1 is 0.700 bits per heavy atom. The number of nitrogens with one attached hydrogen (secondary N) is 2. The molecule has 8 nitrogen and oxygen atoms in total. The average Bonchev–Trinajstić information content (AvgIpc) is 2.75. The highest BCUT2D eigenvalue weighted by molar-refractivity contribution is 5.74. The molecule has 0 fully saturated rings. The molecular weight excluding hydrogens is 388 g/mol. The molecule has 4 N–H and O–H groups in total. The molecular formula is C22H28N2O6. The van der Waals surface area contributed by atoms with Crippen LogP contribution in [-0.4, -0.2) is 60.5 Å². The summed E-state index contributed by atoms with van der Waals surface area (Å²) in [5, 5.41) is 24.4. The molecule has 162 valence electrons. The Morgan fingerprint density at radius 2 is 1.07 bits per heavy atom. The maximum Gasteiger partial charge on any atom is 0.323 e. The molecule has 0 heterocycles. The Morgan fingerprint density at radius 3 is 1.40 bits per heavy atom. The molecule has 0 amide bonds. The highest BCUT2D eigenvalue weighted by Crippen LogP contribution is 2.02. The van der Waals surface area contributed by atoms with Gasteiger partial charge in [-0.2, -0.15) is 0 Å². The van der Waals surface area contributed by atoms with Gasteiger partial charge in [-0.05, 0) is 11.1 Å². The fourth-order valence-electron chi connectivity index (χ4n) is 2.67. The number of hydrogen-bond donors (Lipinski definition) is 4. The molecule has 2 aromatic carbocycles. The molecule has 0 radical (unpaired) electrons. The zero-order valence-corrected chi connectivity index (χ0v) is 16.7. The van der Waals surface area contributed by atoms with E-state index in [0.29, 0.717) is 13.2 Å². The van der Waals surface area contributed by atoms with Crippen LogP contribution in [0.4, 0.5) is 0 Å². The van der Waals surface area contributed by atoms with Crippen LogP contribution in [0, 0.1) is 0 Å². The monoisotopic (exact) mass is 416 g/mol. The third kappa shape index (κ3) is 9.15. The molecule has 0 aliphatic rings. The molecule has 0 saturated carbocycles. The lowest BCUT2D eigenvalue weighted by atomic mass is 10.2. The van der Waals surface area contributed by atoms with Gasteiger partial charge in [0, 0.05) is 13.1 Å². The van der Waals surface area contributed by atoms with Gasteiger partial charge in [0.2, 0.25) is 0 Å². The van der Waals surface area contributed by atoms with E-state index in [1.807, 2.05) is 60.7 Å². The molecule has 2 unspecified atom stereocenters. The molecule has 0 spiro atoms. The Bertz CT molecular complexity index is 691. The van der Waals surface area contributed by atoms with E-state index in [1.165, 1.54) is 0 Å². The number of rotatable bonds is 15. The summed E-state index contributed by atoms with van der Waals surface area (Å²) in [4.78, 5) is 22.8. The first-order valence-corrected chi connectivity index (χ1v) is 9.72. The minimum Gasteiger partial charge on any atom is -0.480 e. The Balaban J connectivity index is 1.65. The van der Waals surface area contributed by atoms with Gasteiger partial charge in [0.1, 0.15) is 12.1 Å². The molecule has 0 aliphatic heterocycles. The number of carbonyl (C=O) groups is 2. The summed E-state index contributed by atoms with van der Waals surface area (Å²) in [5.41, 5.74) is 1.92. The molecule has 0 aliphatic carbocycles. The second-order valence-corrected chi connectivity index (χ2v) is 6.69. The van der Waals surface area contributed by atoms with E-state index >= 15 is 0 Å². The van der Waals surface area contributed by atoms with E-state index < -0.39 is 24.0 Å². The van der Waals surface area contributed by atoms with Gasteiger partial charge >= 0.3 is 11.9 Å². The van der Waals surface area contributed by atoms with Crippen LogP contribution in [0.25, 0.3) is 0 Å². The Hall–Kier alpha value is -2.78. The van der Waals surface area contributed by atoms with Gasteiger partial charge in [-0.1, -0.05) is 60.7 Å². The summed E-state index contributed by atoms with van der Waals surface area (Å²) in [6.45, 7) is 1.20. The number of benzene rings is 2. The maximum atomic E-state index is 11.4. The van der Waals surface area contributed by atoms with E-state index in [0.717, 1.165) is 11.1 Å². The van der Waals surface area contributed by atoms with Crippen molar-refractivity contribution in [2.75, 3.05) is 26.3 Å². The molecule has 30 heavy (non-hydrogen) atoms. The Kier molecular flexibility index (Phi) is 10.5. The first-order valence-electron chi connectivity index (χ1n) is 9.72. The summed E-state index contributed by atoms with van der Waals surface area (Å²) >= 11 is 0. The lowest BCUT2D eigenvalue weighted by molar-refractivity contribution is -0.142. The number of carboxylic acid groups (broad SMARTS) is 2. The molecule has 0 bridgehead atoms. The van der Waals surface area contributed by atoms with Crippen LogP contribution in [0.15, 0.2) is 60.7 Å². The number of ether oxygens (including phenoxy) is 2. The van der Waals surface area contributed by atoms with Crippen LogP contribution in [0.2, 0.25) is 0 Å². The lowest BCUT2D eigenvalue weighted by Crippen LogP contribution is -2.47. The predicted octanol–water partition coefficient (Wildman–Crippen LogP) is 1.51. The van der Waals surface area contributed by atoms with Crippen molar-refractivity contribution in [3.63, 3.8) is 0 Å². The summed E-state index contributed by atoms with van der Waals surface area (Å²) in [6, 6.07) is 17.2. The van der Waals surface area contributed by atoms with E-state index in [-0.39, 0.29) is 26.3 Å². The number of hydrogen-bond acceptors (Lipinski definition) is 6. The second kappa shape index (κ2) is 13.4. The molecule has 2 rings (SSSR count). The van der Waals surface area contributed by atoms with Gasteiger partial charge in [0.15, 0.2) is 0 Å². The third-order valence-corrected chi connectivity index (χ3v) is 4.29. The second-order valence-electron chi connectivity index (χ2n) is 6.69. The number of carboxylic acids is 2. The van der Waals surface area contributed by atoms with Crippen molar-refractivity contribution >= 4 is 11.9 Å². The highest BCUT2D eigenvalue weighted by atomic mass is 16.5. The van der Waals surface area contributed by atoms with Crippen molar-refractivity contribution in [3.05, 3.63) is 71.8 Å². The summed E-state index contributed by atoms with van der Waals surface area (Å²) in [7, 11) is 0. The quantitative estimate of drug-likeness (QED) is 0.323. The van der Waals surface area contributed by atoms with E-state index in [1.54, 1.807) is 0 Å². The first-order chi connectivity index (χ1) is 14.6. The minimum atomic E-state index is -1.02. The van der Waals surface area contributed by atoms with E-state index in [4.69, 9.17) is 9.47 Å². The van der Waals surface area contributed by atoms with Gasteiger partial charge < -0.3 is 30.3 Å². The smallest absolute Gasteiger partial charge is 0.323 e. The average molecular weight is 416 g/mol. The van der Waals surface area contributed by atoms with Crippen molar-refractivity contribution in [1.29, 1.82) is 0 Å². The van der Waals surface area contributed by atoms with Gasteiger partial charge in [-0.15, -0.1) is 0 Å². The Labute approximate surface area is 175 Å². The van der Waals surface area contributed by atoms with Crippen LogP contribution >= 0.6 is 0 Å². The summed E-state index contributed by atoms with van der Waals surface area (Å²) in [6.07, 6.45) is 0. The van der Waals surface area contributed by atoms with Crippen LogP contribution in [0.1, 0.15) is 11.1 Å². The predicted molar refractivity (Wildman–Crippen MR) is 111 cm³/mol. The van der Waals surface area contributed by atoms with Crippen LogP contribution in [-0.2, 0) is 32.3 Å². The van der Waals surface area contributed by atoms with Gasteiger partial charge in [-0.3, -0.25) is 9.59 Å². The third-order valence-electron chi connectivity index (χ3n) is 4.29. The maximum absolute atomic E-state index is 11.4. The zero-order chi connectivity index (χ0) is 21.6. The van der Waals surface area contributed by atoms with Gasteiger partial charge in [0.25, 0.3) is 0 Å².